The lowest BCUT2D eigenvalue weighted by molar-refractivity contribution is 0.0586. The average molecular weight is 350 g/mol. The molecule has 0 bridgehead atoms. The fourth-order valence-electron chi connectivity index (χ4n) is 3.17. The van der Waals surface area contributed by atoms with Gasteiger partial charge in [0.15, 0.2) is 0 Å². The average Bonchev–Trinajstić information content (AvgIpc) is 2.95. The van der Waals surface area contributed by atoms with Gasteiger partial charge in [0.2, 0.25) is 0 Å². The second-order valence-corrected chi connectivity index (χ2v) is 6.32. The minimum atomic E-state index is -0.282. The molecule has 1 fully saturated rings. The van der Waals surface area contributed by atoms with Gasteiger partial charge in [0.1, 0.15) is 23.2 Å². The van der Waals surface area contributed by atoms with Gasteiger partial charge in [-0.25, -0.2) is 9.97 Å². The number of aromatic amines is 1. The van der Waals surface area contributed by atoms with Crippen LogP contribution in [-0.4, -0.2) is 43.4 Å². The summed E-state index contributed by atoms with van der Waals surface area (Å²) in [6.07, 6.45) is 1.60. The number of carbonyl (C=O) groups is 1. The summed E-state index contributed by atoms with van der Waals surface area (Å²) in [5.74, 6) is 1.33. The van der Waals surface area contributed by atoms with E-state index >= 15 is 0 Å². The summed E-state index contributed by atoms with van der Waals surface area (Å²) < 4.78 is 1.84. The van der Waals surface area contributed by atoms with E-state index in [2.05, 4.69) is 15.0 Å². The minimum Gasteiger partial charge on any atom is -0.383 e. The number of nitrogens with two attached hydrogens (primary N) is 1. The van der Waals surface area contributed by atoms with E-state index in [1.165, 1.54) is 6.07 Å². The van der Waals surface area contributed by atoms with Crippen LogP contribution in [0.2, 0.25) is 0 Å². The maximum Gasteiger partial charge on any atom is 0.272 e. The number of amides is 1. The molecule has 4 rings (SSSR count). The lowest BCUT2D eigenvalue weighted by Crippen LogP contribution is -2.49. The highest BCUT2D eigenvalue weighted by atomic mass is 16.2. The summed E-state index contributed by atoms with van der Waals surface area (Å²) in [6, 6.07) is 10.9. The van der Waals surface area contributed by atoms with Crippen LogP contribution in [0.4, 0.5) is 5.82 Å². The first kappa shape index (κ1) is 16.1. The van der Waals surface area contributed by atoms with Gasteiger partial charge in [0.05, 0.1) is 12.1 Å². The van der Waals surface area contributed by atoms with Crippen molar-refractivity contribution in [3.8, 4) is 5.69 Å². The highest BCUT2D eigenvalue weighted by Gasteiger charge is 2.35. The number of nitrogens with zero attached hydrogens (tertiary/aromatic N) is 4. The molecule has 26 heavy (non-hydrogen) atoms. The molecule has 2 aromatic heterocycles. The van der Waals surface area contributed by atoms with Crippen LogP contribution in [0.5, 0.6) is 0 Å². The van der Waals surface area contributed by atoms with Gasteiger partial charge in [-0.05, 0) is 19.1 Å². The Morgan fingerprint density at radius 3 is 2.69 bits per heavy atom. The summed E-state index contributed by atoms with van der Waals surface area (Å²) in [5.41, 5.74) is 6.75. The van der Waals surface area contributed by atoms with Gasteiger partial charge in [0, 0.05) is 24.8 Å². The number of anilines is 1. The summed E-state index contributed by atoms with van der Waals surface area (Å²) in [6.45, 7) is 2.82. The van der Waals surface area contributed by atoms with Gasteiger partial charge in [-0.3, -0.25) is 14.2 Å². The minimum absolute atomic E-state index is 0.0238. The van der Waals surface area contributed by atoms with Gasteiger partial charge in [-0.2, -0.15) is 0 Å². The molecule has 8 heteroatoms. The number of aryl methyl sites for hydroxylation is 1. The van der Waals surface area contributed by atoms with Crippen molar-refractivity contribution in [2.24, 2.45) is 0 Å². The third-order valence-electron chi connectivity index (χ3n) is 4.51. The molecule has 132 valence electrons. The molecule has 0 radical (unpaired) electrons. The van der Waals surface area contributed by atoms with Gasteiger partial charge in [-0.1, -0.05) is 18.2 Å². The van der Waals surface area contributed by atoms with E-state index < -0.39 is 0 Å². The van der Waals surface area contributed by atoms with E-state index in [9.17, 15) is 9.59 Å². The first-order valence-electron chi connectivity index (χ1n) is 8.28. The third-order valence-corrected chi connectivity index (χ3v) is 4.51. The summed E-state index contributed by atoms with van der Waals surface area (Å²) in [5, 5.41) is 0. The van der Waals surface area contributed by atoms with Crippen LogP contribution in [0.1, 0.15) is 28.1 Å². The maximum absolute atomic E-state index is 12.9. The second-order valence-electron chi connectivity index (χ2n) is 6.32. The van der Waals surface area contributed by atoms with Crippen LogP contribution in [0.3, 0.4) is 0 Å². The van der Waals surface area contributed by atoms with Crippen molar-refractivity contribution >= 4 is 11.7 Å². The maximum atomic E-state index is 12.9. The number of para-hydroxylation sites is 1. The fraction of sp³-hybridized carbons (Fsp3) is 0.222. The van der Waals surface area contributed by atoms with Crippen molar-refractivity contribution in [3.63, 3.8) is 0 Å². The molecule has 3 N–H and O–H groups in total. The van der Waals surface area contributed by atoms with E-state index in [4.69, 9.17) is 5.73 Å². The summed E-state index contributed by atoms with van der Waals surface area (Å²) in [7, 11) is 0. The van der Waals surface area contributed by atoms with Gasteiger partial charge >= 0.3 is 0 Å². The Morgan fingerprint density at radius 2 is 2.00 bits per heavy atom. The van der Waals surface area contributed by atoms with Crippen LogP contribution >= 0.6 is 0 Å². The van der Waals surface area contributed by atoms with Gasteiger partial charge in [0.25, 0.3) is 11.5 Å². The number of rotatable bonds is 3. The van der Waals surface area contributed by atoms with Crippen LogP contribution in [0.15, 0.2) is 47.4 Å². The fourth-order valence-corrected chi connectivity index (χ4v) is 3.17. The van der Waals surface area contributed by atoms with Crippen LogP contribution in [0.25, 0.3) is 5.69 Å². The Bertz CT molecular complexity index is 1020. The van der Waals surface area contributed by atoms with Gasteiger partial charge in [-0.15, -0.1) is 0 Å². The predicted octanol–water partition coefficient (Wildman–Crippen LogP) is 1.09. The molecule has 1 saturated heterocycles. The Kier molecular flexibility index (Phi) is 3.80. The molecule has 3 aromatic rings. The zero-order valence-corrected chi connectivity index (χ0v) is 14.2. The van der Waals surface area contributed by atoms with Gasteiger partial charge < -0.3 is 15.6 Å². The van der Waals surface area contributed by atoms with Crippen molar-refractivity contribution in [1.82, 2.24) is 24.4 Å². The SMILES string of the molecule is Cc1ncc(C(=O)N2CC(c3nc(N)cc(=O)[nH]3)C2)n1-c1ccccc1. The summed E-state index contributed by atoms with van der Waals surface area (Å²) >= 11 is 0. The third kappa shape index (κ3) is 2.75. The number of H-pyrrole nitrogens is 1. The largest absolute Gasteiger partial charge is 0.383 e. The Morgan fingerprint density at radius 1 is 1.27 bits per heavy atom. The smallest absolute Gasteiger partial charge is 0.272 e. The molecule has 1 aliphatic heterocycles. The molecule has 0 unspecified atom stereocenters. The molecule has 0 aliphatic carbocycles. The molecule has 0 saturated carbocycles. The van der Waals surface area contributed by atoms with E-state index in [0.29, 0.717) is 24.6 Å². The van der Waals surface area contributed by atoms with Crippen molar-refractivity contribution < 1.29 is 4.79 Å². The van der Waals surface area contributed by atoms with E-state index in [0.717, 1.165) is 11.5 Å². The number of hydrogen-bond acceptors (Lipinski definition) is 5. The van der Waals surface area contributed by atoms with Crippen molar-refractivity contribution in [3.05, 3.63) is 70.3 Å². The van der Waals surface area contributed by atoms with Crippen LogP contribution < -0.4 is 11.3 Å². The molecule has 1 aromatic carbocycles. The molecular weight excluding hydrogens is 332 g/mol. The number of likely N-dealkylation sites (tertiary alicyclic amines) is 1. The highest BCUT2D eigenvalue weighted by Crippen LogP contribution is 2.27. The molecular formula is C18H18N6O2. The molecule has 1 aliphatic rings. The quantitative estimate of drug-likeness (QED) is 0.735. The van der Waals surface area contributed by atoms with E-state index in [1.807, 2.05) is 41.8 Å². The molecule has 8 nitrogen and oxygen atoms in total. The van der Waals surface area contributed by atoms with Crippen molar-refractivity contribution in [2.45, 2.75) is 12.8 Å². The molecule has 0 atom stereocenters. The lowest BCUT2D eigenvalue weighted by atomic mass is 9.98. The standard InChI is InChI=1S/C18H18N6O2/c1-11-20-8-14(24(11)13-5-3-2-4-6-13)18(26)23-9-12(10-23)17-21-15(19)7-16(25)22-17/h2-8,12H,9-10H2,1H3,(H3,19,21,22,25). The second kappa shape index (κ2) is 6.14. The lowest BCUT2D eigenvalue weighted by Gasteiger charge is -2.38. The number of benzene rings is 1. The number of imidazole rings is 1. The number of nitrogens with one attached hydrogen (secondary N) is 1. The predicted molar refractivity (Wildman–Crippen MR) is 96.2 cm³/mol. The number of nitrogen functional groups attached to an aromatic ring is 1. The first-order valence-corrected chi connectivity index (χ1v) is 8.28. The van der Waals surface area contributed by atoms with Crippen LogP contribution in [0, 0.1) is 6.92 Å². The van der Waals surface area contributed by atoms with Crippen molar-refractivity contribution in [1.29, 1.82) is 0 Å². The highest BCUT2D eigenvalue weighted by molar-refractivity contribution is 5.94. The summed E-state index contributed by atoms with van der Waals surface area (Å²) in [4.78, 5) is 37.3. The van der Waals surface area contributed by atoms with Crippen molar-refractivity contribution in [2.75, 3.05) is 18.8 Å². The zero-order valence-electron chi connectivity index (χ0n) is 14.2. The number of hydrogen-bond donors (Lipinski definition) is 2. The molecule has 3 heterocycles. The van der Waals surface area contributed by atoms with E-state index in [-0.39, 0.29) is 23.2 Å². The molecule has 0 spiro atoms. The number of aromatic nitrogens is 4. The van der Waals surface area contributed by atoms with Crippen LogP contribution in [-0.2, 0) is 0 Å². The Balaban J connectivity index is 1.55. The monoisotopic (exact) mass is 350 g/mol. The Hall–Kier alpha value is -3.42. The Labute approximate surface area is 149 Å². The number of carbonyl (C=O) groups excluding carboxylic acids is 1. The zero-order chi connectivity index (χ0) is 18.3. The topological polar surface area (TPSA) is 110 Å². The van der Waals surface area contributed by atoms with E-state index in [1.54, 1.807) is 11.1 Å². The molecule has 1 amide bonds. The first-order chi connectivity index (χ1) is 12.5. The normalized spacial score (nSPS) is 14.3.